The van der Waals surface area contributed by atoms with Crippen LogP contribution in [0.1, 0.15) is 44.2 Å². The minimum Gasteiger partial charge on any atom is -0.0925 e. The minimum absolute atomic E-state index is 0.780. The van der Waals surface area contributed by atoms with Gasteiger partial charge in [-0.2, -0.15) is 0 Å². The van der Waals surface area contributed by atoms with Gasteiger partial charge in [-0.05, 0) is 37.2 Å². The molecule has 0 aliphatic carbocycles. The van der Waals surface area contributed by atoms with Crippen molar-refractivity contribution in [2.24, 2.45) is 11.8 Å². The standard InChI is InChI=1S/C16H25Br/c1-4-14(5-2)10-16(12-17)11-15-8-6-13(3)7-9-15/h6-9,14,16H,4-5,10-12H2,1-3H3. The largest absolute Gasteiger partial charge is 0.0925 e. The molecule has 0 aliphatic rings. The highest BCUT2D eigenvalue weighted by molar-refractivity contribution is 9.09. The molecule has 1 aromatic carbocycles. The summed E-state index contributed by atoms with van der Waals surface area (Å²) in [6.07, 6.45) is 5.19. The lowest BCUT2D eigenvalue weighted by atomic mass is 9.88. The summed E-state index contributed by atoms with van der Waals surface area (Å²) in [7, 11) is 0. The maximum atomic E-state index is 3.67. The second-order valence-corrected chi connectivity index (χ2v) is 5.78. The first-order chi connectivity index (χ1) is 8.19. The van der Waals surface area contributed by atoms with E-state index in [0.717, 1.165) is 17.2 Å². The Labute approximate surface area is 115 Å². The van der Waals surface area contributed by atoms with E-state index in [-0.39, 0.29) is 0 Å². The Morgan fingerprint density at radius 3 is 2.06 bits per heavy atom. The van der Waals surface area contributed by atoms with E-state index >= 15 is 0 Å². The number of benzene rings is 1. The van der Waals surface area contributed by atoms with Crippen molar-refractivity contribution in [2.45, 2.75) is 46.5 Å². The second-order valence-electron chi connectivity index (χ2n) is 5.13. The number of aryl methyl sites for hydroxylation is 1. The minimum atomic E-state index is 0.780. The lowest BCUT2D eigenvalue weighted by Gasteiger charge is -2.20. The van der Waals surface area contributed by atoms with E-state index in [1.54, 1.807) is 0 Å². The monoisotopic (exact) mass is 296 g/mol. The fourth-order valence-corrected chi connectivity index (χ4v) is 2.85. The van der Waals surface area contributed by atoms with Crippen LogP contribution in [0.5, 0.6) is 0 Å². The van der Waals surface area contributed by atoms with E-state index in [4.69, 9.17) is 0 Å². The van der Waals surface area contributed by atoms with E-state index in [1.807, 2.05) is 0 Å². The molecule has 1 atom stereocenters. The molecule has 0 heterocycles. The third-order valence-electron chi connectivity index (χ3n) is 3.68. The third kappa shape index (κ3) is 5.25. The van der Waals surface area contributed by atoms with Crippen molar-refractivity contribution >= 4 is 15.9 Å². The summed E-state index contributed by atoms with van der Waals surface area (Å²) < 4.78 is 0. The maximum Gasteiger partial charge on any atom is 0.00629 e. The molecule has 0 nitrogen and oxygen atoms in total. The molecule has 1 aromatic rings. The van der Waals surface area contributed by atoms with Crippen molar-refractivity contribution in [1.82, 2.24) is 0 Å². The molecule has 0 radical (unpaired) electrons. The molecule has 1 heteroatoms. The summed E-state index contributed by atoms with van der Waals surface area (Å²) in [6.45, 7) is 6.77. The lowest BCUT2D eigenvalue weighted by molar-refractivity contribution is 0.375. The number of hydrogen-bond donors (Lipinski definition) is 0. The smallest absolute Gasteiger partial charge is 0.00629 e. The highest BCUT2D eigenvalue weighted by Crippen LogP contribution is 2.23. The maximum absolute atomic E-state index is 3.67. The van der Waals surface area contributed by atoms with Gasteiger partial charge in [-0.15, -0.1) is 0 Å². The van der Waals surface area contributed by atoms with Crippen molar-refractivity contribution < 1.29 is 0 Å². The van der Waals surface area contributed by atoms with Crippen molar-refractivity contribution in [3.05, 3.63) is 35.4 Å². The zero-order valence-corrected chi connectivity index (χ0v) is 13.0. The van der Waals surface area contributed by atoms with E-state index in [0.29, 0.717) is 0 Å². The number of rotatable bonds is 7. The average molecular weight is 297 g/mol. The molecule has 0 aromatic heterocycles. The normalized spacial score (nSPS) is 13.0. The van der Waals surface area contributed by atoms with Gasteiger partial charge in [0.25, 0.3) is 0 Å². The summed E-state index contributed by atoms with van der Waals surface area (Å²) in [6, 6.07) is 8.99. The summed E-state index contributed by atoms with van der Waals surface area (Å²) in [5.74, 6) is 1.67. The molecule has 0 N–H and O–H groups in total. The Balaban J connectivity index is 2.54. The van der Waals surface area contributed by atoms with Crippen molar-refractivity contribution in [3.63, 3.8) is 0 Å². The van der Waals surface area contributed by atoms with Crippen molar-refractivity contribution in [3.8, 4) is 0 Å². The molecule has 0 spiro atoms. The summed E-state index contributed by atoms with van der Waals surface area (Å²) in [5, 5.41) is 1.12. The quantitative estimate of drug-likeness (QED) is 0.593. The van der Waals surface area contributed by atoms with Crippen LogP contribution in [0, 0.1) is 18.8 Å². The van der Waals surface area contributed by atoms with Gasteiger partial charge in [-0.1, -0.05) is 72.4 Å². The molecule has 0 aliphatic heterocycles. The number of alkyl halides is 1. The third-order valence-corrected chi connectivity index (χ3v) is 4.60. The average Bonchev–Trinajstić information content (AvgIpc) is 2.37. The topological polar surface area (TPSA) is 0 Å². The van der Waals surface area contributed by atoms with Crippen molar-refractivity contribution in [1.29, 1.82) is 0 Å². The highest BCUT2D eigenvalue weighted by atomic mass is 79.9. The number of hydrogen-bond acceptors (Lipinski definition) is 0. The Hall–Kier alpha value is -0.300. The summed E-state index contributed by atoms with van der Waals surface area (Å²) in [4.78, 5) is 0. The molecular weight excluding hydrogens is 272 g/mol. The van der Waals surface area contributed by atoms with Gasteiger partial charge in [-0.3, -0.25) is 0 Å². The highest BCUT2D eigenvalue weighted by Gasteiger charge is 2.13. The van der Waals surface area contributed by atoms with Crippen LogP contribution in [0.3, 0.4) is 0 Å². The molecule has 0 saturated carbocycles. The molecule has 0 fully saturated rings. The van der Waals surface area contributed by atoms with Crippen LogP contribution in [-0.2, 0) is 6.42 Å². The Morgan fingerprint density at radius 2 is 1.59 bits per heavy atom. The molecule has 0 amide bonds. The molecule has 0 saturated heterocycles. The second kappa shape index (κ2) is 7.92. The molecule has 17 heavy (non-hydrogen) atoms. The first-order valence-corrected chi connectivity index (χ1v) is 7.93. The SMILES string of the molecule is CCC(CC)CC(CBr)Cc1ccc(C)cc1. The molecule has 1 unspecified atom stereocenters. The fourth-order valence-electron chi connectivity index (χ4n) is 2.35. The zero-order chi connectivity index (χ0) is 12.7. The summed E-state index contributed by atoms with van der Waals surface area (Å²) in [5.41, 5.74) is 2.83. The fraction of sp³-hybridized carbons (Fsp3) is 0.625. The van der Waals surface area contributed by atoms with Crippen molar-refractivity contribution in [2.75, 3.05) is 5.33 Å². The van der Waals surface area contributed by atoms with E-state index in [2.05, 4.69) is 61.0 Å². The number of halogens is 1. The Morgan fingerprint density at radius 1 is 1.00 bits per heavy atom. The Kier molecular flexibility index (Phi) is 6.87. The molecule has 1 rings (SSSR count). The van der Waals surface area contributed by atoms with Gasteiger partial charge in [-0.25, -0.2) is 0 Å². The van der Waals surface area contributed by atoms with Gasteiger partial charge >= 0.3 is 0 Å². The molecular formula is C16H25Br. The summed E-state index contributed by atoms with van der Waals surface area (Å²) >= 11 is 3.67. The van der Waals surface area contributed by atoms with Gasteiger partial charge in [0.1, 0.15) is 0 Å². The molecule has 0 bridgehead atoms. The van der Waals surface area contributed by atoms with Crippen LogP contribution in [0.15, 0.2) is 24.3 Å². The zero-order valence-electron chi connectivity index (χ0n) is 11.4. The van der Waals surface area contributed by atoms with Crippen LogP contribution in [-0.4, -0.2) is 5.33 Å². The van der Waals surface area contributed by atoms with Crippen LogP contribution >= 0.6 is 15.9 Å². The van der Waals surface area contributed by atoms with Crippen LogP contribution in [0.4, 0.5) is 0 Å². The first kappa shape index (κ1) is 14.8. The van der Waals surface area contributed by atoms with Gasteiger partial charge in [0, 0.05) is 5.33 Å². The van der Waals surface area contributed by atoms with E-state index < -0.39 is 0 Å². The van der Waals surface area contributed by atoms with Crippen LogP contribution in [0.25, 0.3) is 0 Å². The van der Waals surface area contributed by atoms with Gasteiger partial charge in [0.05, 0.1) is 0 Å². The van der Waals surface area contributed by atoms with Crippen LogP contribution in [0.2, 0.25) is 0 Å². The predicted octanol–water partition coefficient (Wildman–Crippen LogP) is 5.37. The predicted molar refractivity (Wildman–Crippen MR) is 80.9 cm³/mol. The molecule has 96 valence electrons. The van der Waals surface area contributed by atoms with Gasteiger partial charge in [0.2, 0.25) is 0 Å². The van der Waals surface area contributed by atoms with Gasteiger partial charge in [0.15, 0.2) is 0 Å². The Bertz CT molecular complexity index is 298. The van der Waals surface area contributed by atoms with Gasteiger partial charge < -0.3 is 0 Å². The van der Waals surface area contributed by atoms with E-state index in [1.165, 1.54) is 36.8 Å². The first-order valence-electron chi connectivity index (χ1n) is 6.81. The lowest BCUT2D eigenvalue weighted by Crippen LogP contribution is -2.12. The van der Waals surface area contributed by atoms with Crippen LogP contribution < -0.4 is 0 Å². The van der Waals surface area contributed by atoms with E-state index in [9.17, 15) is 0 Å².